The second kappa shape index (κ2) is 4.73. The first-order valence-electron chi connectivity index (χ1n) is 4.93. The van der Waals surface area contributed by atoms with Crippen molar-refractivity contribution in [2.24, 2.45) is 4.99 Å². The fourth-order valence-electron chi connectivity index (χ4n) is 1.70. The zero-order valence-corrected chi connectivity index (χ0v) is 8.92. The Hall–Kier alpha value is -1.40. The third-order valence-electron chi connectivity index (χ3n) is 2.49. The van der Waals surface area contributed by atoms with Crippen molar-refractivity contribution in [2.45, 2.75) is 33.6 Å². The quantitative estimate of drug-likeness (QED) is 0.530. The maximum atomic E-state index is 10.3. The molecule has 0 aliphatic rings. The summed E-state index contributed by atoms with van der Waals surface area (Å²) in [6.45, 7) is 6.18. The monoisotopic (exact) mass is 189 g/mol. The van der Waals surface area contributed by atoms with Gasteiger partial charge in [-0.05, 0) is 36.5 Å². The molecule has 2 nitrogen and oxygen atoms in total. The fraction of sp³-hybridized carbons (Fsp3) is 0.417. The summed E-state index contributed by atoms with van der Waals surface area (Å²) >= 11 is 0. The van der Waals surface area contributed by atoms with E-state index in [1.165, 1.54) is 5.56 Å². The lowest BCUT2D eigenvalue weighted by molar-refractivity contribution is 0.565. The number of hydrogen-bond acceptors (Lipinski definition) is 2. The van der Waals surface area contributed by atoms with Crippen LogP contribution in [0.3, 0.4) is 0 Å². The lowest BCUT2D eigenvalue weighted by atomic mass is 9.98. The molecule has 0 aliphatic carbocycles. The highest BCUT2D eigenvalue weighted by Crippen LogP contribution is 2.28. The molecule has 0 aromatic heterocycles. The first-order valence-corrected chi connectivity index (χ1v) is 4.93. The standard InChI is InChI=1S/C12H15NO/c1-4-10-7-6-9(3)11(5-2)12(10)13-8-14/h6-7H,4-5H2,1-3H3. The predicted octanol–water partition coefficient (Wildman–Crippen LogP) is 3.09. The van der Waals surface area contributed by atoms with E-state index in [1.807, 2.05) is 13.0 Å². The number of isocyanates is 1. The van der Waals surface area contributed by atoms with E-state index in [4.69, 9.17) is 0 Å². The average Bonchev–Trinajstić information content (AvgIpc) is 2.19. The van der Waals surface area contributed by atoms with Crippen LogP contribution >= 0.6 is 0 Å². The molecule has 14 heavy (non-hydrogen) atoms. The predicted molar refractivity (Wildman–Crippen MR) is 57.7 cm³/mol. The van der Waals surface area contributed by atoms with Crippen LogP contribution in [0.15, 0.2) is 17.1 Å². The summed E-state index contributed by atoms with van der Waals surface area (Å²) in [6.07, 6.45) is 3.44. The van der Waals surface area contributed by atoms with Crippen molar-refractivity contribution >= 4 is 11.8 Å². The number of hydrogen-bond donors (Lipinski definition) is 0. The molecule has 0 unspecified atom stereocenters. The molecule has 0 bridgehead atoms. The van der Waals surface area contributed by atoms with Crippen molar-refractivity contribution in [3.8, 4) is 0 Å². The molecule has 0 saturated heterocycles. The number of aliphatic imine (C=N–C) groups is 1. The molecule has 0 spiro atoms. The molecule has 0 amide bonds. The summed E-state index contributed by atoms with van der Waals surface area (Å²) in [5.74, 6) is 0. The fourth-order valence-corrected chi connectivity index (χ4v) is 1.70. The first kappa shape index (κ1) is 10.7. The van der Waals surface area contributed by atoms with Gasteiger partial charge in [0.2, 0.25) is 6.08 Å². The minimum Gasteiger partial charge on any atom is -0.211 e. The van der Waals surface area contributed by atoms with Crippen molar-refractivity contribution in [1.29, 1.82) is 0 Å². The average molecular weight is 189 g/mol. The summed E-state index contributed by atoms with van der Waals surface area (Å²) in [4.78, 5) is 14.1. The van der Waals surface area contributed by atoms with Crippen molar-refractivity contribution < 1.29 is 4.79 Å². The molecule has 0 N–H and O–H groups in total. The van der Waals surface area contributed by atoms with E-state index >= 15 is 0 Å². The highest BCUT2D eigenvalue weighted by atomic mass is 16.1. The molecule has 2 heteroatoms. The Balaban J connectivity index is 3.43. The second-order valence-electron chi connectivity index (χ2n) is 3.28. The van der Waals surface area contributed by atoms with Gasteiger partial charge in [0.25, 0.3) is 0 Å². The van der Waals surface area contributed by atoms with Gasteiger partial charge >= 0.3 is 0 Å². The van der Waals surface area contributed by atoms with Gasteiger partial charge < -0.3 is 0 Å². The highest BCUT2D eigenvalue weighted by Gasteiger charge is 2.07. The summed E-state index contributed by atoms with van der Waals surface area (Å²) in [7, 11) is 0. The van der Waals surface area contributed by atoms with Gasteiger partial charge in [0.1, 0.15) is 0 Å². The number of aryl methyl sites for hydroxylation is 2. The lowest BCUT2D eigenvalue weighted by Crippen LogP contribution is -1.92. The minimum atomic E-state index is 0.824. The van der Waals surface area contributed by atoms with Gasteiger partial charge in [0.15, 0.2) is 0 Å². The maximum Gasteiger partial charge on any atom is 0.240 e. The third-order valence-corrected chi connectivity index (χ3v) is 2.49. The Bertz CT molecular complexity index is 376. The van der Waals surface area contributed by atoms with Gasteiger partial charge in [0.05, 0.1) is 5.69 Å². The van der Waals surface area contributed by atoms with Crippen molar-refractivity contribution in [3.05, 3.63) is 28.8 Å². The van der Waals surface area contributed by atoms with Gasteiger partial charge in [0, 0.05) is 0 Å². The molecule has 1 aromatic carbocycles. The normalized spacial score (nSPS) is 9.64. The molecule has 1 rings (SSSR count). The Morgan fingerprint density at radius 1 is 1.29 bits per heavy atom. The van der Waals surface area contributed by atoms with Gasteiger partial charge in [-0.2, -0.15) is 4.99 Å². The van der Waals surface area contributed by atoms with Crippen LogP contribution in [-0.4, -0.2) is 6.08 Å². The van der Waals surface area contributed by atoms with E-state index in [-0.39, 0.29) is 0 Å². The van der Waals surface area contributed by atoms with Crippen molar-refractivity contribution in [2.75, 3.05) is 0 Å². The summed E-state index contributed by atoms with van der Waals surface area (Å²) in [5.41, 5.74) is 4.30. The summed E-state index contributed by atoms with van der Waals surface area (Å²) in [5, 5.41) is 0. The van der Waals surface area contributed by atoms with Crippen LogP contribution in [0.2, 0.25) is 0 Å². The molecule has 0 heterocycles. The largest absolute Gasteiger partial charge is 0.240 e. The highest BCUT2D eigenvalue weighted by molar-refractivity contribution is 5.61. The Labute approximate surface area is 84.7 Å². The van der Waals surface area contributed by atoms with Crippen LogP contribution in [0.5, 0.6) is 0 Å². The van der Waals surface area contributed by atoms with Crippen LogP contribution < -0.4 is 0 Å². The number of nitrogens with zero attached hydrogens (tertiary/aromatic N) is 1. The van der Waals surface area contributed by atoms with Crippen LogP contribution in [0.1, 0.15) is 30.5 Å². The Morgan fingerprint density at radius 3 is 2.50 bits per heavy atom. The van der Waals surface area contributed by atoms with Crippen LogP contribution in [0.4, 0.5) is 5.69 Å². The molecular weight excluding hydrogens is 174 g/mol. The molecule has 0 atom stereocenters. The third kappa shape index (κ3) is 1.91. The summed E-state index contributed by atoms with van der Waals surface area (Å²) in [6, 6.07) is 4.12. The molecule has 0 saturated carbocycles. The van der Waals surface area contributed by atoms with E-state index in [2.05, 4.69) is 24.9 Å². The number of rotatable bonds is 3. The van der Waals surface area contributed by atoms with Gasteiger partial charge in [-0.25, -0.2) is 4.79 Å². The van der Waals surface area contributed by atoms with E-state index in [1.54, 1.807) is 6.08 Å². The topological polar surface area (TPSA) is 29.4 Å². The summed E-state index contributed by atoms with van der Waals surface area (Å²) < 4.78 is 0. The Kier molecular flexibility index (Phi) is 3.61. The molecule has 74 valence electrons. The molecular formula is C12H15NO. The molecule has 0 radical (unpaired) electrons. The van der Waals surface area contributed by atoms with Crippen molar-refractivity contribution in [3.63, 3.8) is 0 Å². The van der Waals surface area contributed by atoms with E-state index in [0.717, 1.165) is 29.7 Å². The molecule has 0 aliphatic heterocycles. The van der Waals surface area contributed by atoms with E-state index in [0.29, 0.717) is 0 Å². The minimum absolute atomic E-state index is 0.824. The second-order valence-corrected chi connectivity index (χ2v) is 3.28. The van der Waals surface area contributed by atoms with Gasteiger partial charge in [-0.1, -0.05) is 26.0 Å². The lowest BCUT2D eigenvalue weighted by Gasteiger charge is -2.10. The van der Waals surface area contributed by atoms with Crippen molar-refractivity contribution in [1.82, 2.24) is 0 Å². The SMILES string of the molecule is CCc1ccc(C)c(CC)c1N=C=O. The van der Waals surface area contributed by atoms with Crippen LogP contribution in [0.25, 0.3) is 0 Å². The van der Waals surface area contributed by atoms with E-state index < -0.39 is 0 Å². The van der Waals surface area contributed by atoms with Gasteiger partial charge in [-0.15, -0.1) is 0 Å². The zero-order chi connectivity index (χ0) is 10.6. The smallest absolute Gasteiger partial charge is 0.211 e. The van der Waals surface area contributed by atoms with E-state index in [9.17, 15) is 4.79 Å². The number of benzene rings is 1. The van der Waals surface area contributed by atoms with Crippen LogP contribution in [0, 0.1) is 6.92 Å². The van der Waals surface area contributed by atoms with Gasteiger partial charge in [-0.3, -0.25) is 0 Å². The zero-order valence-electron chi connectivity index (χ0n) is 8.92. The molecule has 0 fully saturated rings. The first-order chi connectivity index (χ1) is 6.74. The molecule has 1 aromatic rings. The maximum absolute atomic E-state index is 10.3. The van der Waals surface area contributed by atoms with Crippen LogP contribution in [-0.2, 0) is 17.6 Å². The Morgan fingerprint density at radius 2 is 2.00 bits per heavy atom. The number of carbonyl (C=O) groups excluding carboxylic acids is 1.